The van der Waals surface area contributed by atoms with Gasteiger partial charge in [0.05, 0.1) is 4.92 Å². The monoisotopic (exact) mass is 352 g/mol. The zero-order valence-electron chi connectivity index (χ0n) is 14.2. The van der Waals surface area contributed by atoms with Gasteiger partial charge in [0.25, 0.3) is 5.69 Å². The van der Waals surface area contributed by atoms with Crippen LogP contribution in [-0.2, 0) is 6.54 Å². The fourth-order valence-electron chi connectivity index (χ4n) is 4.16. The summed E-state index contributed by atoms with van der Waals surface area (Å²) < 4.78 is 5.67. The first-order valence-corrected chi connectivity index (χ1v) is 8.62. The number of hydrogen-bond donors (Lipinski definition) is 1. The molecule has 0 aromatic heterocycles. The van der Waals surface area contributed by atoms with Gasteiger partial charge in [0, 0.05) is 42.7 Å². The van der Waals surface area contributed by atoms with E-state index in [-0.39, 0.29) is 23.6 Å². The highest BCUT2D eigenvalue weighted by atomic mass is 16.6. The number of hydrogen-bond acceptors (Lipinski definition) is 5. The highest BCUT2D eigenvalue weighted by molar-refractivity contribution is 5.47. The molecule has 0 spiro atoms. The molecule has 1 fully saturated rings. The maximum absolute atomic E-state index is 11.2. The zero-order valence-corrected chi connectivity index (χ0v) is 14.2. The quantitative estimate of drug-likeness (QED) is 0.519. The predicted molar refractivity (Wildman–Crippen MR) is 96.5 cm³/mol. The van der Waals surface area contributed by atoms with Gasteiger partial charge in [-0.2, -0.15) is 0 Å². The standard InChI is InChI=1S/C20H20N2O4/c1-2-14-12-21(11-13-6-4-3-5-7-13)19-16-10-15(22(24)25)8-9-17(16)26-20(23)18(14)19/h2-10,14,18-20,23H,1,11-12H2/t14-,18-,19+,20+/m0/s1. The van der Waals surface area contributed by atoms with Crippen molar-refractivity contribution in [2.24, 2.45) is 11.8 Å². The second-order valence-corrected chi connectivity index (χ2v) is 6.82. The molecule has 2 aliphatic heterocycles. The fourth-order valence-corrected chi connectivity index (χ4v) is 4.16. The number of non-ortho nitro benzene ring substituents is 1. The Bertz CT molecular complexity index is 839. The molecule has 6 heteroatoms. The van der Waals surface area contributed by atoms with E-state index in [4.69, 9.17) is 4.74 Å². The van der Waals surface area contributed by atoms with Gasteiger partial charge in [-0.15, -0.1) is 6.58 Å². The molecule has 0 radical (unpaired) electrons. The number of aliphatic hydroxyl groups is 1. The summed E-state index contributed by atoms with van der Waals surface area (Å²) in [6.07, 6.45) is 0.884. The lowest BCUT2D eigenvalue weighted by molar-refractivity contribution is -0.385. The lowest BCUT2D eigenvalue weighted by Gasteiger charge is -2.37. The molecule has 2 aromatic carbocycles. The van der Waals surface area contributed by atoms with Crippen LogP contribution >= 0.6 is 0 Å². The van der Waals surface area contributed by atoms with Crippen LogP contribution in [0.3, 0.4) is 0 Å². The van der Waals surface area contributed by atoms with Crippen molar-refractivity contribution in [3.8, 4) is 5.75 Å². The Balaban J connectivity index is 1.76. The van der Waals surface area contributed by atoms with Crippen molar-refractivity contribution >= 4 is 5.69 Å². The lowest BCUT2D eigenvalue weighted by atomic mass is 9.84. The van der Waals surface area contributed by atoms with Gasteiger partial charge in [-0.25, -0.2) is 0 Å². The largest absolute Gasteiger partial charge is 0.464 e. The number of nitro benzene ring substituents is 1. The Morgan fingerprint density at radius 2 is 2.08 bits per heavy atom. The van der Waals surface area contributed by atoms with Crippen molar-refractivity contribution < 1.29 is 14.8 Å². The molecule has 0 unspecified atom stereocenters. The van der Waals surface area contributed by atoms with E-state index in [1.807, 2.05) is 24.3 Å². The summed E-state index contributed by atoms with van der Waals surface area (Å²) >= 11 is 0. The van der Waals surface area contributed by atoms with Gasteiger partial charge in [0.1, 0.15) is 5.75 Å². The summed E-state index contributed by atoms with van der Waals surface area (Å²) in [5.41, 5.74) is 1.95. The number of nitrogens with zero attached hydrogens (tertiary/aromatic N) is 2. The van der Waals surface area contributed by atoms with Crippen molar-refractivity contribution in [3.63, 3.8) is 0 Å². The van der Waals surface area contributed by atoms with E-state index < -0.39 is 11.2 Å². The first-order chi connectivity index (χ1) is 12.6. The molecule has 0 amide bonds. The van der Waals surface area contributed by atoms with Crippen LogP contribution in [-0.4, -0.2) is 27.8 Å². The summed E-state index contributed by atoms with van der Waals surface area (Å²) in [5, 5.41) is 21.8. The van der Waals surface area contributed by atoms with Crippen LogP contribution in [0.25, 0.3) is 0 Å². The molecule has 4 rings (SSSR count). The van der Waals surface area contributed by atoms with E-state index in [2.05, 4.69) is 23.6 Å². The molecule has 2 aliphatic rings. The first-order valence-electron chi connectivity index (χ1n) is 8.62. The SMILES string of the molecule is C=C[C@H]1CN(Cc2ccccc2)[C@@H]2c3cc([N+](=O)[O-])ccc3O[C@@H](O)[C@H]21. The van der Waals surface area contributed by atoms with Crippen LogP contribution in [0.1, 0.15) is 17.2 Å². The second-order valence-electron chi connectivity index (χ2n) is 6.82. The predicted octanol–water partition coefficient (Wildman–Crippen LogP) is 3.28. The van der Waals surface area contributed by atoms with Crippen LogP contribution in [0, 0.1) is 22.0 Å². The normalized spacial score (nSPS) is 27.3. The van der Waals surface area contributed by atoms with Crippen LogP contribution in [0.15, 0.2) is 61.2 Å². The minimum atomic E-state index is -0.960. The third-order valence-corrected chi connectivity index (χ3v) is 5.33. The van der Waals surface area contributed by atoms with E-state index in [1.165, 1.54) is 6.07 Å². The van der Waals surface area contributed by atoms with E-state index in [0.717, 1.165) is 17.7 Å². The van der Waals surface area contributed by atoms with Crippen molar-refractivity contribution in [1.82, 2.24) is 4.90 Å². The summed E-state index contributed by atoms with van der Waals surface area (Å²) in [5.74, 6) is 0.351. The summed E-state index contributed by atoms with van der Waals surface area (Å²) in [7, 11) is 0. The molecule has 1 N–H and O–H groups in total. The van der Waals surface area contributed by atoms with Gasteiger partial charge < -0.3 is 9.84 Å². The number of rotatable bonds is 4. The van der Waals surface area contributed by atoms with E-state index >= 15 is 0 Å². The molecule has 0 saturated carbocycles. The highest BCUT2D eigenvalue weighted by Crippen LogP contribution is 2.50. The minimum Gasteiger partial charge on any atom is -0.464 e. The average molecular weight is 352 g/mol. The summed E-state index contributed by atoms with van der Waals surface area (Å²) in [6, 6.07) is 14.5. The van der Waals surface area contributed by atoms with Gasteiger partial charge in [0.2, 0.25) is 6.29 Å². The average Bonchev–Trinajstić information content (AvgIpc) is 3.01. The molecule has 4 atom stereocenters. The van der Waals surface area contributed by atoms with Gasteiger partial charge >= 0.3 is 0 Å². The molecule has 134 valence electrons. The number of nitro groups is 1. The topological polar surface area (TPSA) is 75.8 Å². The molecule has 2 heterocycles. The number of benzene rings is 2. The Hall–Kier alpha value is -2.70. The zero-order chi connectivity index (χ0) is 18.3. The van der Waals surface area contributed by atoms with Crippen molar-refractivity contribution in [1.29, 1.82) is 0 Å². The molecule has 0 aliphatic carbocycles. The molecular weight excluding hydrogens is 332 g/mol. The Morgan fingerprint density at radius 1 is 1.31 bits per heavy atom. The molecule has 0 bridgehead atoms. The minimum absolute atomic E-state index is 0.0317. The molecule has 26 heavy (non-hydrogen) atoms. The van der Waals surface area contributed by atoms with Crippen LogP contribution < -0.4 is 4.74 Å². The summed E-state index contributed by atoms with van der Waals surface area (Å²) in [4.78, 5) is 13.1. The third kappa shape index (κ3) is 2.77. The number of likely N-dealkylation sites (tertiary alicyclic amines) is 1. The van der Waals surface area contributed by atoms with Gasteiger partial charge in [-0.3, -0.25) is 15.0 Å². The smallest absolute Gasteiger partial charge is 0.270 e. The van der Waals surface area contributed by atoms with Crippen LogP contribution in [0.5, 0.6) is 5.75 Å². The van der Waals surface area contributed by atoms with Crippen molar-refractivity contribution in [2.75, 3.05) is 6.54 Å². The maximum Gasteiger partial charge on any atom is 0.270 e. The number of ether oxygens (including phenoxy) is 1. The van der Waals surface area contributed by atoms with E-state index in [9.17, 15) is 15.2 Å². The highest BCUT2D eigenvalue weighted by Gasteiger charge is 2.49. The van der Waals surface area contributed by atoms with E-state index in [0.29, 0.717) is 12.3 Å². The van der Waals surface area contributed by atoms with Crippen LogP contribution in [0.4, 0.5) is 5.69 Å². The van der Waals surface area contributed by atoms with Gasteiger partial charge in [0.15, 0.2) is 0 Å². The lowest BCUT2D eigenvalue weighted by Crippen LogP contribution is -2.39. The molecule has 1 saturated heterocycles. The first kappa shape index (κ1) is 16.8. The Kier molecular flexibility index (Phi) is 4.22. The van der Waals surface area contributed by atoms with Crippen molar-refractivity contribution in [2.45, 2.75) is 18.9 Å². The molecular formula is C20H20N2O4. The van der Waals surface area contributed by atoms with Crippen molar-refractivity contribution in [3.05, 3.63) is 82.4 Å². The molecule has 6 nitrogen and oxygen atoms in total. The molecule has 2 aromatic rings. The Labute approximate surface area is 151 Å². The number of fused-ring (bicyclic) bond motifs is 3. The van der Waals surface area contributed by atoms with Gasteiger partial charge in [-0.1, -0.05) is 36.4 Å². The fraction of sp³-hybridized carbons (Fsp3) is 0.300. The van der Waals surface area contributed by atoms with Gasteiger partial charge in [-0.05, 0) is 17.5 Å². The number of aliphatic hydroxyl groups excluding tert-OH is 1. The van der Waals surface area contributed by atoms with Crippen LogP contribution in [0.2, 0.25) is 0 Å². The summed E-state index contributed by atoms with van der Waals surface area (Å²) in [6.45, 7) is 5.32. The second kappa shape index (κ2) is 6.55. The van der Waals surface area contributed by atoms with E-state index in [1.54, 1.807) is 12.1 Å². The maximum atomic E-state index is 11.2. The third-order valence-electron chi connectivity index (χ3n) is 5.33. The Morgan fingerprint density at radius 3 is 2.77 bits per heavy atom.